The van der Waals surface area contributed by atoms with Crippen molar-refractivity contribution in [1.29, 1.82) is 0 Å². The first-order valence-corrected chi connectivity index (χ1v) is 11.3. The van der Waals surface area contributed by atoms with Gasteiger partial charge in [-0.05, 0) is 30.5 Å². The average Bonchev–Trinajstić information content (AvgIpc) is 3.15. The summed E-state index contributed by atoms with van der Waals surface area (Å²) in [5.74, 6) is 0.787. The number of nitrogens with one attached hydrogen (secondary N) is 1. The summed E-state index contributed by atoms with van der Waals surface area (Å²) in [6, 6.07) is 13.5. The highest BCUT2D eigenvalue weighted by atomic mass is 32.2. The molecule has 1 aromatic carbocycles. The maximum Gasteiger partial charge on any atom is 0.237 e. The zero-order valence-electron chi connectivity index (χ0n) is 16.1. The van der Waals surface area contributed by atoms with Gasteiger partial charge in [0.25, 0.3) is 0 Å². The van der Waals surface area contributed by atoms with E-state index in [1.807, 2.05) is 42.5 Å². The van der Waals surface area contributed by atoms with Gasteiger partial charge in [0.1, 0.15) is 5.76 Å². The standard InChI is InChI=1S/C20H27N3O4S/c1-28(25,26)21-18-9-11-22(12-10-18)16-20(24)23(15-19-8-5-13-27-19)14-17-6-3-2-4-7-17/h2-8,13,18,21H,9-12,14-16H2,1H3. The Labute approximate surface area is 166 Å². The molecule has 1 aliphatic heterocycles. The van der Waals surface area contributed by atoms with Crippen molar-refractivity contribution in [3.8, 4) is 0 Å². The molecule has 1 aliphatic rings. The van der Waals surface area contributed by atoms with E-state index < -0.39 is 10.0 Å². The summed E-state index contributed by atoms with van der Waals surface area (Å²) in [7, 11) is -3.20. The van der Waals surface area contributed by atoms with Gasteiger partial charge in [0, 0.05) is 25.7 Å². The second kappa shape index (κ2) is 9.36. The van der Waals surface area contributed by atoms with Crippen LogP contribution in [0.4, 0.5) is 0 Å². The highest BCUT2D eigenvalue weighted by Gasteiger charge is 2.25. The van der Waals surface area contributed by atoms with Crippen molar-refractivity contribution in [3.63, 3.8) is 0 Å². The van der Waals surface area contributed by atoms with Crippen LogP contribution in [0.5, 0.6) is 0 Å². The van der Waals surface area contributed by atoms with E-state index in [1.165, 1.54) is 6.26 Å². The van der Waals surface area contributed by atoms with Crippen LogP contribution in [0.3, 0.4) is 0 Å². The summed E-state index contributed by atoms with van der Waals surface area (Å²) < 4.78 is 30.8. The highest BCUT2D eigenvalue weighted by molar-refractivity contribution is 7.88. The summed E-state index contributed by atoms with van der Waals surface area (Å²) in [5, 5.41) is 0. The number of hydrogen-bond acceptors (Lipinski definition) is 5. The zero-order valence-corrected chi connectivity index (χ0v) is 16.9. The number of rotatable bonds is 8. The van der Waals surface area contributed by atoms with Crippen molar-refractivity contribution in [2.45, 2.75) is 32.0 Å². The number of likely N-dealkylation sites (tertiary alicyclic amines) is 1. The first kappa shape index (κ1) is 20.6. The molecule has 0 atom stereocenters. The van der Waals surface area contributed by atoms with E-state index in [4.69, 9.17) is 4.42 Å². The maximum atomic E-state index is 13.0. The fraction of sp³-hybridized carbons (Fsp3) is 0.450. The van der Waals surface area contributed by atoms with Crippen LogP contribution >= 0.6 is 0 Å². The number of carbonyl (C=O) groups excluding carboxylic acids is 1. The van der Waals surface area contributed by atoms with Crippen LogP contribution in [0.2, 0.25) is 0 Å². The van der Waals surface area contributed by atoms with E-state index in [0.29, 0.717) is 45.6 Å². The number of benzene rings is 1. The molecule has 2 heterocycles. The first-order chi connectivity index (χ1) is 13.4. The second-order valence-corrected chi connectivity index (χ2v) is 9.04. The maximum absolute atomic E-state index is 13.0. The third-order valence-electron chi connectivity index (χ3n) is 4.82. The summed E-state index contributed by atoms with van der Waals surface area (Å²) in [5.41, 5.74) is 1.07. The topological polar surface area (TPSA) is 82.9 Å². The molecule has 1 fully saturated rings. The lowest BCUT2D eigenvalue weighted by Crippen LogP contribution is -2.47. The Bertz CT molecular complexity index is 845. The third-order valence-corrected chi connectivity index (χ3v) is 5.58. The molecule has 2 aromatic rings. The Morgan fingerprint density at radius 3 is 2.46 bits per heavy atom. The number of piperidine rings is 1. The van der Waals surface area contributed by atoms with Crippen LogP contribution in [-0.2, 0) is 27.9 Å². The number of furan rings is 1. The Hall–Kier alpha value is -2.16. The second-order valence-electron chi connectivity index (χ2n) is 7.26. The van der Waals surface area contributed by atoms with Crippen molar-refractivity contribution in [2.75, 3.05) is 25.9 Å². The minimum absolute atomic E-state index is 0.0368. The zero-order chi connectivity index (χ0) is 20.0. The van der Waals surface area contributed by atoms with Crippen molar-refractivity contribution < 1.29 is 17.6 Å². The SMILES string of the molecule is CS(=O)(=O)NC1CCN(CC(=O)N(Cc2ccccc2)Cc2ccco2)CC1. The smallest absolute Gasteiger partial charge is 0.237 e. The molecule has 0 bridgehead atoms. The molecule has 0 radical (unpaired) electrons. The van der Waals surface area contributed by atoms with E-state index in [-0.39, 0.29) is 11.9 Å². The van der Waals surface area contributed by atoms with Crippen LogP contribution < -0.4 is 4.72 Å². The van der Waals surface area contributed by atoms with Gasteiger partial charge >= 0.3 is 0 Å². The van der Waals surface area contributed by atoms with Gasteiger partial charge in [-0.15, -0.1) is 0 Å². The molecular weight excluding hydrogens is 378 g/mol. The molecule has 1 aromatic heterocycles. The van der Waals surface area contributed by atoms with E-state index >= 15 is 0 Å². The Kier molecular flexibility index (Phi) is 6.88. The van der Waals surface area contributed by atoms with E-state index in [0.717, 1.165) is 11.3 Å². The van der Waals surface area contributed by atoms with Gasteiger partial charge < -0.3 is 9.32 Å². The summed E-state index contributed by atoms with van der Waals surface area (Å²) in [6.45, 7) is 2.65. The van der Waals surface area contributed by atoms with E-state index in [2.05, 4.69) is 9.62 Å². The van der Waals surface area contributed by atoms with Gasteiger partial charge in [-0.3, -0.25) is 9.69 Å². The lowest BCUT2D eigenvalue weighted by Gasteiger charge is -2.33. The molecule has 28 heavy (non-hydrogen) atoms. The van der Waals surface area contributed by atoms with Crippen molar-refractivity contribution in [2.24, 2.45) is 0 Å². The molecule has 152 valence electrons. The molecule has 7 nitrogen and oxygen atoms in total. The number of carbonyl (C=O) groups is 1. The van der Waals surface area contributed by atoms with Gasteiger partial charge in [-0.1, -0.05) is 30.3 Å². The van der Waals surface area contributed by atoms with Crippen molar-refractivity contribution in [3.05, 3.63) is 60.1 Å². The van der Waals surface area contributed by atoms with Gasteiger partial charge in [-0.25, -0.2) is 13.1 Å². The fourth-order valence-corrected chi connectivity index (χ4v) is 4.27. The van der Waals surface area contributed by atoms with Crippen molar-refractivity contribution in [1.82, 2.24) is 14.5 Å². The Balaban J connectivity index is 1.58. The number of amides is 1. The van der Waals surface area contributed by atoms with Gasteiger partial charge in [-0.2, -0.15) is 0 Å². The van der Waals surface area contributed by atoms with Gasteiger partial charge in [0.05, 0.1) is 25.6 Å². The molecule has 1 amide bonds. The fourth-order valence-electron chi connectivity index (χ4n) is 3.43. The van der Waals surface area contributed by atoms with Crippen LogP contribution in [-0.4, -0.2) is 56.1 Å². The minimum Gasteiger partial charge on any atom is -0.467 e. The number of sulfonamides is 1. The number of nitrogens with zero attached hydrogens (tertiary/aromatic N) is 2. The van der Waals surface area contributed by atoms with Crippen molar-refractivity contribution >= 4 is 15.9 Å². The molecule has 0 aliphatic carbocycles. The largest absolute Gasteiger partial charge is 0.467 e. The lowest BCUT2D eigenvalue weighted by molar-refractivity contribution is -0.134. The molecule has 1 saturated heterocycles. The highest BCUT2D eigenvalue weighted by Crippen LogP contribution is 2.14. The van der Waals surface area contributed by atoms with Gasteiger partial charge in [0.2, 0.25) is 15.9 Å². The predicted molar refractivity (Wildman–Crippen MR) is 107 cm³/mol. The Morgan fingerprint density at radius 2 is 1.86 bits per heavy atom. The molecule has 0 saturated carbocycles. The molecule has 0 spiro atoms. The van der Waals surface area contributed by atoms with Crippen LogP contribution in [0.25, 0.3) is 0 Å². The molecular formula is C20H27N3O4S. The van der Waals surface area contributed by atoms with Crippen LogP contribution in [0.15, 0.2) is 53.1 Å². The predicted octanol–water partition coefficient (Wildman–Crippen LogP) is 1.82. The van der Waals surface area contributed by atoms with E-state index in [9.17, 15) is 13.2 Å². The molecule has 8 heteroatoms. The number of hydrogen-bond donors (Lipinski definition) is 1. The molecule has 1 N–H and O–H groups in total. The lowest BCUT2D eigenvalue weighted by atomic mass is 10.1. The molecule has 3 rings (SSSR count). The van der Waals surface area contributed by atoms with Crippen LogP contribution in [0.1, 0.15) is 24.2 Å². The summed E-state index contributed by atoms with van der Waals surface area (Å²) in [6.07, 6.45) is 4.20. The monoisotopic (exact) mass is 405 g/mol. The summed E-state index contributed by atoms with van der Waals surface area (Å²) in [4.78, 5) is 16.9. The first-order valence-electron chi connectivity index (χ1n) is 9.43. The molecule has 0 unspecified atom stereocenters. The van der Waals surface area contributed by atoms with Gasteiger partial charge in [0.15, 0.2) is 0 Å². The Morgan fingerprint density at radius 1 is 1.14 bits per heavy atom. The van der Waals surface area contributed by atoms with Crippen LogP contribution in [0, 0.1) is 0 Å². The average molecular weight is 406 g/mol. The third kappa shape index (κ3) is 6.47. The normalized spacial score (nSPS) is 16.2. The summed E-state index contributed by atoms with van der Waals surface area (Å²) >= 11 is 0. The minimum atomic E-state index is -3.20. The van der Waals surface area contributed by atoms with E-state index in [1.54, 1.807) is 11.2 Å². The quantitative estimate of drug-likeness (QED) is 0.724.